The van der Waals surface area contributed by atoms with Gasteiger partial charge in [0.2, 0.25) is 0 Å². The molecule has 0 N–H and O–H groups in total. The van der Waals surface area contributed by atoms with Crippen molar-refractivity contribution in [3.8, 4) is 22.5 Å². The van der Waals surface area contributed by atoms with Crippen molar-refractivity contribution in [2.24, 2.45) is 0 Å². The largest absolute Gasteiger partial charge is 0.455 e. The second kappa shape index (κ2) is 7.17. The average Bonchev–Trinajstić information content (AvgIpc) is 2.68. The lowest BCUT2D eigenvalue weighted by molar-refractivity contribution is 0.601. The van der Waals surface area contributed by atoms with E-state index in [1.165, 1.54) is 6.26 Å². The second-order valence-electron chi connectivity index (χ2n) is 6.41. The molecule has 3 aromatic carbocycles. The summed E-state index contributed by atoms with van der Waals surface area (Å²) in [5.74, 6) is 0.553. The number of hydrogen-bond acceptors (Lipinski definition) is 4. The summed E-state index contributed by atoms with van der Waals surface area (Å²) in [5.41, 5.74) is 2.86. The van der Waals surface area contributed by atoms with Crippen molar-refractivity contribution in [2.75, 3.05) is 6.26 Å². The van der Waals surface area contributed by atoms with Gasteiger partial charge in [0.25, 0.3) is 0 Å². The summed E-state index contributed by atoms with van der Waals surface area (Å²) in [6.45, 7) is 0. The molecular formula is C22H15ClO3S2. The second-order valence-corrected chi connectivity index (χ2v) is 9.24. The highest BCUT2D eigenvalue weighted by molar-refractivity contribution is 7.90. The quantitative estimate of drug-likeness (QED) is 0.348. The summed E-state index contributed by atoms with van der Waals surface area (Å²) in [5, 5.41) is 1.39. The van der Waals surface area contributed by atoms with Crippen molar-refractivity contribution >= 4 is 44.6 Å². The predicted molar refractivity (Wildman–Crippen MR) is 116 cm³/mol. The summed E-state index contributed by atoms with van der Waals surface area (Å²) in [7, 11) is -3.29. The first-order chi connectivity index (χ1) is 13.4. The molecule has 0 atom stereocenters. The van der Waals surface area contributed by atoms with E-state index in [0.717, 1.165) is 16.5 Å². The summed E-state index contributed by atoms with van der Waals surface area (Å²) in [4.78, 5) is 0.245. The van der Waals surface area contributed by atoms with Gasteiger partial charge >= 0.3 is 0 Å². The highest BCUT2D eigenvalue weighted by Gasteiger charge is 2.18. The van der Waals surface area contributed by atoms with Crippen LogP contribution in [0.1, 0.15) is 0 Å². The molecule has 4 aromatic rings. The SMILES string of the molecule is CS(=O)(=O)c1ccc(-c2oc3ccccc3c(=S)c2-c2ccccc2Cl)cc1. The Morgan fingerprint density at radius 2 is 1.54 bits per heavy atom. The Morgan fingerprint density at radius 1 is 0.893 bits per heavy atom. The highest BCUT2D eigenvalue weighted by atomic mass is 35.5. The van der Waals surface area contributed by atoms with Crippen molar-refractivity contribution in [1.29, 1.82) is 0 Å². The molecule has 0 amide bonds. The summed E-state index contributed by atoms with van der Waals surface area (Å²) in [6, 6.07) is 21.6. The predicted octanol–water partition coefficient (Wildman–Crippen LogP) is 6.55. The van der Waals surface area contributed by atoms with Crippen LogP contribution in [-0.4, -0.2) is 14.7 Å². The van der Waals surface area contributed by atoms with Gasteiger partial charge in [-0.3, -0.25) is 0 Å². The average molecular weight is 427 g/mol. The first-order valence-corrected chi connectivity index (χ1v) is 11.2. The molecule has 3 nitrogen and oxygen atoms in total. The van der Waals surface area contributed by atoms with Gasteiger partial charge in [-0.05, 0) is 42.5 Å². The Kier molecular flexibility index (Phi) is 4.83. The summed E-state index contributed by atoms with van der Waals surface area (Å²) >= 11 is 12.3. The van der Waals surface area contributed by atoms with Crippen LogP contribution in [0.4, 0.5) is 0 Å². The fourth-order valence-corrected chi connectivity index (χ4v) is 4.34. The van der Waals surface area contributed by atoms with E-state index >= 15 is 0 Å². The van der Waals surface area contributed by atoms with E-state index in [4.69, 9.17) is 28.2 Å². The number of fused-ring (bicyclic) bond motifs is 1. The van der Waals surface area contributed by atoms with E-state index in [2.05, 4.69) is 0 Å². The molecular weight excluding hydrogens is 412 g/mol. The van der Waals surface area contributed by atoms with Gasteiger partial charge in [-0.2, -0.15) is 0 Å². The Labute approximate surface area is 173 Å². The van der Waals surface area contributed by atoms with Crippen molar-refractivity contribution in [1.82, 2.24) is 0 Å². The maximum absolute atomic E-state index is 11.8. The Balaban J connectivity index is 2.06. The molecule has 4 rings (SSSR count). The van der Waals surface area contributed by atoms with E-state index < -0.39 is 9.84 Å². The molecule has 0 fully saturated rings. The van der Waals surface area contributed by atoms with Crippen LogP contribution in [0.2, 0.25) is 5.02 Å². The van der Waals surface area contributed by atoms with Gasteiger partial charge in [-0.15, -0.1) is 0 Å². The van der Waals surface area contributed by atoms with Crippen molar-refractivity contribution in [3.63, 3.8) is 0 Å². The number of rotatable bonds is 3. The minimum Gasteiger partial charge on any atom is -0.455 e. The van der Waals surface area contributed by atoms with Gasteiger partial charge in [0.15, 0.2) is 9.84 Å². The number of hydrogen-bond donors (Lipinski definition) is 0. The van der Waals surface area contributed by atoms with Gasteiger partial charge in [0.1, 0.15) is 11.3 Å². The number of sulfone groups is 1. The van der Waals surface area contributed by atoms with Crippen molar-refractivity contribution < 1.29 is 12.8 Å². The normalized spacial score (nSPS) is 11.6. The molecule has 0 radical (unpaired) electrons. The maximum Gasteiger partial charge on any atom is 0.175 e. The standard InChI is InChI=1S/C22H15ClO3S2/c1-28(24,25)15-12-10-14(11-13-15)21-20(16-6-2-4-8-18(16)23)22(27)17-7-3-5-9-19(17)26-21/h2-13H,1H3. The fraction of sp³-hybridized carbons (Fsp3) is 0.0455. The first-order valence-electron chi connectivity index (χ1n) is 8.47. The third-order valence-corrected chi connectivity index (χ3v) is 6.37. The zero-order valence-corrected chi connectivity index (χ0v) is 17.2. The molecule has 0 saturated heterocycles. The topological polar surface area (TPSA) is 47.3 Å². The van der Waals surface area contributed by atoms with E-state index in [1.807, 2.05) is 42.5 Å². The van der Waals surface area contributed by atoms with Crippen LogP contribution >= 0.6 is 23.8 Å². The number of halogens is 1. The molecule has 0 aliphatic rings. The monoisotopic (exact) mass is 426 g/mol. The van der Waals surface area contributed by atoms with Crippen LogP contribution in [0, 0.1) is 4.51 Å². The molecule has 140 valence electrons. The summed E-state index contributed by atoms with van der Waals surface area (Å²) in [6.07, 6.45) is 1.18. The number of para-hydroxylation sites is 1. The van der Waals surface area contributed by atoms with E-state index in [1.54, 1.807) is 30.3 Å². The lowest BCUT2D eigenvalue weighted by Gasteiger charge is -2.13. The Bertz CT molecular complexity index is 1350. The van der Waals surface area contributed by atoms with Crippen molar-refractivity contribution in [2.45, 2.75) is 4.90 Å². The molecule has 0 aliphatic heterocycles. The number of benzene rings is 3. The van der Waals surface area contributed by atoms with Crippen molar-refractivity contribution in [3.05, 3.63) is 82.3 Å². The maximum atomic E-state index is 11.8. The van der Waals surface area contributed by atoms with Crippen LogP contribution in [-0.2, 0) is 9.84 Å². The molecule has 0 saturated carbocycles. The minimum atomic E-state index is -3.29. The molecule has 28 heavy (non-hydrogen) atoms. The van der Waals surface area contributed by atoms with Gasteiger partial charge in [0.05, 0.1) is 9.41 Å². The molecule has 6 heteroatoms. The molecule has 0 bridgehead atoms. The molecule has 0 unspecified atom stereocenters. The third-order valence-electron chi connectivity index (χ3n) is 4.49. The van der Waals surface area contributed by atoms with Crippen LogP contribution < -0.4 is 0 Å². The zero-order chi connectivity index (χ0) is 19.9. The molecule has 1 aromatic heterocycles. The lowest BCUT2D eigenvalue weighted by atomic mass is 9.99. The van der Waals surface area contributed by atoms with Gasteiger partial charge in [-0.25, -0.2) is 8.42 Å². The van der Waals surface area contributed by atoms with E-state index in [9.17, 15) is 8.42 Å². The fourth-order valence-electron chi connectivity index (χ4n) is 3.11. The van der Waals surface area contributed by atoms with Crippen LogP contribution in [0.25, 0.3) is 33.4 Å². The minimum absolute atomic E-state index is 0.245. The van der Waals surface area contributed by atoms with Crippen LogP contribution in [0.5, 0.6) is 0 Å². The Hall–Kier alpha value is -2.47. The van der Waals surface area contributed by atoms with Gasteiger partial charge < -0.3 is 4.42 Å². The highest BCUT2D eigenvalue weighted by Crippen LogP contribution is 2.40. The van der Waals surface area contributed by atoms with Gasteiger partial charge in [0, 0.05) is 33.4 Å². The van der Waals surface area contributed by atoms with E-state index in [0.29, 0.717) is 26.4 Å². The molecule has 1 heterocycles. The zero-order valence-electron chi connectivity index (χ0n) is 14.8. The third kappa shape index (κ3) is 3.37. The first kappa shape index (κ1) is 18.9. The summed E-state index contributed by atoms with van der Waals surface area (Å²) < 4.78 is 30.4. The van der Waals surface area contributed by atoms with Gasteiger partial charge in [-0.1, -0.05) is 54.2 Å². The van der Waals surface area contributed by atoms with Crippen LogP contribution in [0.3, 0.4) is 0 Å². The lowest BCUT2D eigenvalue weighted by Crippen LogP contribution is -1.96. The van der Waals surface area contributed by atoms with Crippen LogP contribution in [0.15, 0.2) is 82.1 Å². The molecule has 0 spiro atoms. The molecule has 0 aliphatic carbocycles. The van der Waals surface area contributed by atoms with E-state index in [-0.39, 0.29) is 4.90 Å². The Morgan fingerprint density at radius 3 is 2.21 bits per heavy atom. The smallest absolute Gasteiger partial charge is 0.175 e.